The van der Waals surface area contributed by atoms with Gasteiger partial charge in [-0.1, -0.05) is 36.2 Å². The van der Waals surface area contributed by atoms with E-state index in [0.29, 0.717) is 17.9 Å². The number of nitrogens with zero attached hydrogens (tertiary/aromatic N) is 1. The summed E-state index contributed by atoms with van der Waals surface area (Å²) in [6.07, 6.45) is 4.23. The van der Waals surface area contributed by atoms with Crippen molar-refractivity contribution >= 4 is 21.8 Å². The molecular weight excluding hydrogens is 242 g/mol. The lowest BCUT2D eigenvalue weighted by molar-refractivity contribution is -0.132. The molecule has 1 unspecified atom stereocenters. The third-order valence-electron chi connectivity index (χ3n) is 2.85. The fourth-order valence-corrected chi connectivity index (χ4v) is 1.93. The van der Waals surface area contributed by atoms with Crippen molar-refractivity contribution in [3.8, 4) is 0 Å². The summed E-state index contributed by atoms with van der Waals surface area (Å²) in [6, 6.07) is 0.559. The highest BCUT2D eigenvalue weighted by molar-refractivity contribution is 9.09. The zero-order chi connectivity index (χ0) is 10.6. The van der Waals surface area contributed by atoms with Gasteiger partial charge in [0.05, 0.1) is 0 Å². The van der Waals surface area contributed by atoms with Crippen LogP contribution in [-0.2, 0) is 4.79 Å². The van der Waals surface area contributed by atoms with Gasteiger partial charge in [-0.2, -0.15) is 0 Å². The van der Waals surface area contributed by atoms with E-state index in [2.05, 4.69) is 34.7 Å². The Morgan fingerprint density at radius 2 is 2.21 bits per heavy atom. The Bertz CT molecular complexity index is 192. The number of alkyl halides is 1. The van der Waals surface area contributed by atoms with Crippen LogP contribution in [0.15, 0.2) is 0 Å². The van der Waals surface area contributed by atoms with E-state index in [9.17, 15) is 4.79 Å². The summed E-state index contributed by atoms with van der Waals surface area (Å²) in [5.41, 5.74) is 0. The summed E-state index contributed by atoms with van der Waals surface area (Å²) in [7, 11) is 0. The third kappa shape index (κ3) is 3.60. The molecular formula is C11H20BrNO. The lowest BCUT2D eigenvalue weighted by Gasteiger charge is -2.22. The maximum atomic E-state index is 11.9. The van der Waals surface area contributed by atoms with Gasteiger partial charge in [0.25, 0.3) is 0 Å². The first-order valence-electron chi connectivity index (χ1n) is 5.54. The lowest BCUT2D eigenvalue weighted by atomic mass is 10.0. The number of hydrogen-bond donors (Lipinski definition) is 0. The van der Waals surface area contributed by atoms with Crippen molar-refractivity contribution in [1.82, 2.24) is 4.90 Å². The van der Waals surface area contributed by atoms with Gasteiger partial charge in [-0.25, -0.2) is 0 Å². The smallest absolute Gasteiger partial charge is 0.223 e. The third-order valence-corrected chi connectivity index (χ3v) is 3.21. The van der Waals surface area contributed by atoms with Crippen molar-refractivity contribution in [1.29, 1.82) is 0 Å². The number of hydrogen-bond acceptors (Lipinski definition) is 1. The van der Waals surface area contributed by atoms with Gasteiger partial charge < -0.3 is 4.90 Å². The molecule has 14 heavy (non-hydrogen) atoms. The molecule has 0 N–H and O–H groups in total. The minimum absolute atomic E-state index is 0.348. The van der Waals surface area contributed by atoms with Gasteiger partial charge in [-0.3, -0.25) is 4.79 Å². The monoisotopic (exact) mass is 261 g/mol. The van der Waals surface area contributed by atoms with Crippen molar-refractivity contribution in [2.75, 3.05) is 11.9 Å². The molecule has 1 rings (SSSR count). The number of carbonyl (C=O) groups excluding carboxylic acids is 1. The highest BCUT2D eigenvalue weighted by Gasteiger charge is 2.31. The first kappa shape index (κ1) is 12.0. The molecule has 1 aliphatic rings. The number of carbonyl (C=O) groups is 1. The molecule has 0 aromatic heterocycles. The van der Waals surface area contributed by atoms with Crippen LogP contribution in [-0.4, -0.2) is 28.7 Å². The maximum Gasteiger partial charge on any atom is 0.223 e. The number of amides is 1. The Balaban J connectivity index is 2.37. The van der Waals surface area contributed by atoms with Crippen LogP contribution < -0.4 is 0 Å². The summed E-state index contributed by atoms with van der Waals surface area (Å²) in [5, 5.41) is 0.899. The van der Waals surface area contributed by atoms with Crippen molar-refractivity contribution in [2.24, 2.45) is 5.92 Å². The average molecular weight is 262 g/mol. The molecule has 2 nitrogen and oxygen atoms in total. The SMILES string of the molecule is CCC(C)CC(=O)N(CCBr)C1CC1. The minimum atomic E-state index is 0.348. The van der Waals surface area contributed by atoms with Crippen molar-refractivity contribution in [3.05, 3.63) is 0 Å². The molecule has 1 atom stereocenters. The fourth-order valence-electron chi connectivity index (χ4n) is 1.55. The van der Waals surface area contributed by atoms with Crippen LogP contribution >= 0.6 is 15.9 Å². The van der Waals surface area contributed by atoms with E-state index >= 15 is 0 Å². The van der Waals surface area contributed by atoms with Crippen LogP contribution in [0.25, 0.3) is 0 Å². The largest absolute Gasteiger partial charge is 0.339 e. The number of rotatable bonds is 6. The first-order valence-corrected chi connectivity index (χ1v) is 6.66. The highest BCUT2D eigenvalue weighted by Crippen LogP contribution is 2.28. The predicted molar refractivity (Wildman–Crippen MR) is 62.6 cm³/mol. The Hall–Kier alpha value is -0.0500. The molecule has 0 heterocycles. The van der Waals surface area contributed by atoms with Crippen LogP contribution in [0.4, 0.5) is 0 Å². The quantitative estimate of drug-likeness (QED) is 0.674. The molecule has 1 fully saturated rings. The van der Waals surface area contributed by atoms with E-state index in [1.807, 2.05) is 0 Å². The first-order chi connectivity index (χ1) is 6.69. The number of halogens is 1. The van der Waals surface area contributed by atoms with Gasteiger partial charge >= 0.3 is 0 Å². The summed E-state index contributed by atoms with van der Waals surface area (Å²) in [4.78, 5) is 13.9. The van der Waals surface area contributed by atoms with Crippen LogP contribution in [0.5, 0.6) is 0 Å². The van der Waals surface area contributed by atoms with Crippen molar-refractivity contribution < 1.29 is 4.79 Å². The average Bonchev–Trinajstić information content (AvgIpc) is 2.97. The topological polar surface area (TPSA) is 20.3 Å². The van der Waals surface area contributed by atoms with E-state index in [0.717, 1.165) is 24.7 Å². The van der Waals surface area contributed by atoms with E-state index in [4.69, 9.17) is 0 Å². The van der Waals surface area contributed by atoms with Gasteiger partial charge in [0.15, 0.2) is 0 Å². The molecule has 0 radical (unpaired) electrons. The standard InChI is InChI=1S/C11H20BrNO/c1-3-9(2)8-11(14)13(7-6-12)10-4-5-10/h9-10H,3-8H2,1-2H3. The normalized spacial score (nSPS) is 17.9. The van der Waals surface area contributed by atoms with Crippen LogP contribution in [0, 0.1) is 5.92 Å². The Labute approximate surface area is 95.2 Å². The molecule has 0 bridgehead atoms. The molecule has 1 amide bonds. The molecule has 0 aliphatic heterocycles. The molecule has 0 aromatic rings. The van der Waals surface area contributed by atoms with Crippen LogP contribution in [0.2, 0.25) is 0 Å². The second-order valence-electron chi connectivity index (χ2n) is 4.22. The zero-order valence-electron chi connectivity index (χ0n) is 9.13. The Kier molecular flexibility index (Phi) is 4.93. The van der Waals surface area contributed by atoms with E-state index in [-0.39, 0.29) is 0 Å². The van der Waals surface area contributed by atoms with E-state index in [1.165, 1.54) is 12.8 Å². The van der Waals surface area contributed by atoms with Crippen molar-refractivity contribution in [3.63, 3.8) is 0 Å². The Morgan fingerprint density at radius 3 is 2.64 bits per heavy atom. The molecule has 1 saturated carbocycles. The minimum Gasteiger partial charge on any atom is -0.339 e. The maximum absolute atomic E-state index is 11.9. The van der Waals surface area contributed by atoms with Crippen LogP contribution in [0.3, 0.4) is 0 Å². The van der Waals surface area contributed by atoms with Gasteiger partial charge in [-0.05, 0) is 18.8 Å². The lowest BCUT2D eigenvalue weighted by Crippen LogP contribution is -2.35. The zero-order valence-corrected chi connectivity index (χ0v) is 10.7. The van der Waals surface area contributed by atoms with Crippen LogP contribution in [0.1, 0.15) is 39.5 Å². The summed E-state index contributed by atoms with van der Waals surface area (Å²) in [5.74, 6) is 0.875. The fraction of sp³-hybridized carbons (Fsp3) is 0.909. The van der Waals surface area contributed by atoms with Gasteiger partial charge in [-0.15, -0.1) is 0 Å². The molecule has 0 saturated heterocycles. The molecule has 0 spiro atoms. The van der Waals surface area contributed by atoms with E-state index < -0.39 is 0 Å². The molecule has 1 aliphatic carbocycles. The van der Waals surface area contributed by atoms with Crippen molar-refractivity contribution in [2.45, 2.75) is 45.6 Å². The predicted octanol–water partition coefficient (Wildman–Crippen LogP) is 2.81. The summed E-state index contributed by atoms with van der Waals surface area (Å²) >= 11 is 3.40. The molecule has 82 valence electrons. The second kappa shape index (κ2) is 5.74. The van der Waals surface area contributed by atoms with Gasteiger partial charge in [0.2, 0.25) is 5.91 Å². The molecule has 0 aromatic carbocycles. The second-order valence-corrected chi connectivity index (χ2v) is 5.02. The Morgan fingerprint density at radius 1 is 1.57 bits per heavy atom. The summed E-state index contributed by atoms with van der Waals surface area (Å²) < 4.78 is 0. The highest BCUT2D eigenvalue weighted by atomic mass is 79.9. The van der Waals surface area contributed by atoms with E-state index in [1.54, 1.807) is 0 Å². The van der Waals surface area contributed by atoms with Gasteiger partial charge in [0.1, 0.15) is 0 Å². The summed E-state index contributed by atoms with van der Waals surface area (Å²) in [6.45, 7) is 5.17. The van der Waals surface area contributed by atoms with Gasteiger partial charge in [0, 0.05) is 24.3 Å². The molecule has 3 heteroatoms.